The minimum absolute atomic E-state index is 0.570. The highest BCUT2D eigenvalue weighted by Gasteiger charge is 2.19. The van der Waals surface area contributed by atoms with Gasteiger partial charge in [-0.15, -0.1) is 22.7 Å². The first-order valence-electron chi connectivity index (χ1n) is 4.37. The Morgan fingerprint density at radius 1 is 1.06 bits per heavy atom. The summed E-state index contributed by atoms with van der Waals surface area (Å²) in [5.41, 5.74) is 1.87. The van der Waals surface area contributed by atoms with E-state index in [4.69, 9.17) is 0 Å². The maximum absolute atomic E-state index is 10.3. The van der Waals surface area contributed by atoms with Crippen molar-refractivity contribution in [3.05, 3.63) is 39.5 Å². The summed E-state index contributed by atoms with van der Waals surface area (Å²) in [4.78, 5) is 1.13. The third-order valence-corrected chi connectivity index (χ3v) is 6.15. The summed E-state index contributed by atoms with van der Waals surface area (Å²) in [7, 11) is 0. The van der Waals surface area contributed by atoms with Gasteiger partial charge >= 0.3 is 0 Å². The van der Waals surface area contributed by atoms with E-state index in [2.05, 4.69) is 47.8 Å². The Hall–Kier alpha value is 0.800. The number of hydrogen-bond donors (Lipinski definition) is 1. The van der Waals surface area contributed by atoms with Crippen LogP contribution in [0.15, 0.2) is 23.5 Å². The van der Waals surface area contributed by atoms with Gasteiger partial charge in [-0.25, -0.2) is 0 Å². The molecular weight excluding hydrogens is 440 g/mol. The van der Waals surface area contributed by atoms with Crippen molar-refractivity contribution in [2.45, 2.75) is 13.0 Å². The van der Waals surface area contributed by atoms with Gasteiger partial charge in [0.2, 0.25) is 0 Å². The molecule has 6 heteroatoms. The van der Waals surface area contributed by atoms with Crippen LogP contribution in [-0.4, -0.2) is 5.11 Å². The fourth-order valence-corrected chi connectivity index (χ4v) is 6.06. The molecule has 0 amide bonds. The Balaban J connectivity index is 2.42. The van der Waals surface area contributed by atoms with E-state index < -0.39 is 6.10 Å². The lowest BCUT2D eigenvalue weighted by Crippen LogP contribution is -1.98. The number of aryl methyl sites for hydroxylation is 1. The highest BCUT2D eigenvalue weighted by atomic mass is 79.9. The molecule has 0 aliphatic rings. The highest BCUT2D eigenvalue weighted by molar-refractivity contribution is 9.12. The molecule has 2 rings (SSSR count). The third-order valence-electron chi connectivity index (χ3n) is 2.20. The number of rotatable bonds is 2. The van der Waals surface area contributed by atoms with Gasteiger partial charge in [-0.05, 0) is 72.4 Å². The van der Waals surface area contributed by atoms with Crippen LogP contribution >= 0.6 is 70.5 Å². The smallest absolute Gasteiger partial charge is 0.107 e. The number of thiophene rings is 2. The first-order valence-corrected chi connectivity index (χ1v) is 8.39. The van der Waals surface area contributed by atoms with Crippen LogP contribution in [0, 0.1) is 6.92 Å². The van der Waals surface area contributed by atoms with Crippen molar-refractivity contribution in [1.82, 2.24) is 0 Å². The molecule has 16 heavy (non-hydrogen) atoms. The SMILES string of the molecule is Cc1sc(Br)cc1C(O)c1cc(Br)sc1Br. The normalized spacial score (nSPS) is 13.1. The fraction of sp³-hybridized carbons (Fsp3) is 0.200. The lowest BCUT2D eigenvalue weighted by molar-refractivity contribution is 0.220. The van der Waals surface area contributed by atoms with Crippen molar-refractivity contribution in [1.29, 1.82) is 0 Å². The highest BCUT2D eigenvalue weighted by Crippen LogP contribution is 2.40. The molecule has 0 saturated heterocycles. The van der Waals surface area contributed by atoms with Crippen LogP contribution in [0.5, 0.6) is 0 Å². The molecule has 0 fully saturated rings. The molecule has 0 saturated carbocycles. The van der Waals surface area contributed by atoms with Crippen LogP contribution in [0.25, 0.3) is 0 Å². The lowest BCUT2D eigenvalue weighted by atomic mass is 10.1. The summed E-state index contributed by atoms with van der Waals surface area (Å²) in [5.74, 6) is 0. The molecule has 0 radical (unpaired) electrons. The van der Waals surface area contributed by atoms with Gasteiger partial charge in [0.15, 0.2) is 0 Å². The lowest BCUT2D eigenvalue weighted by Gasteiger charge is -2.09. The van der Waals surface area contributed by atoms with Gasteiger partial charge in [0.05, 0.1) is 11.4 Å². The average molecular weight is 447 g/mol. The van der Waals surface area contributed by atoms with E-state index in [9.17, 15) is 5.11 Å². The predicted molar refractivity (Wildman–Crippen MR) is 80.5 cm³/mol. The van der Waals surface area contributed by atoms with Gasteiger partial charge < -0.3 is 5.11 Å². The van der Waals surface area contributed by atoms with Gasteiger partial charge in [0, 0.05) is 10.4 Å². The summed E-state index contributed by atoms with van der Waals surface area (Å²) < 4.78 is 3.03. The molecular formula is C10H7Br3OS2. The number of aliphatic hydroxyl groups is 1. The molecule has 1 atom stereocenters. The average Bonchev–Trinajstić information content (AvgIpc) is 2.68. The van der Waals surface area contributed by atoms with Crippen LogP contribution in [0.3, 0.4) is 0 Å². The first kappa shape index (κ1) is 13.2. The Bertz CT molecular complexity index is 472. The molecule has 0 spiro atoms. The first-order chi connectivity index (χ1) is 7.49. The summed E-state index contributed by atoms with van der Waals surface area (Å²) in [6.45, 7) is 2.02. The third kappa shape index (κ3) is 2.62. The van der Waals surface area contributed by atoms with Gasteiger partial charge in [0.25, 0.3) is 0 Å². The molecule has 0 bridgehead atoms. The monoisotopic (exact) mass is 444 g/mol. The summed E-state index contributed by atoms with van der Waals surface area (Å²) in [5, 5.41) is 10.3. The largest absolute Gasteiger partial charge is 0.384 e. The zero-order valence-electron chi connectivity index (χ0n) is 8.13. The molecule has 2 heterocycles. The minimum Gasteiger partial charge on any atom is -0.384 e. The van der Waals surface area contributed by atoms with Crippen molar-refractivity contribution in [2.24, 2.45) is 0 Å². The molecule has 2 aromatic heterocycles. The minimum atomic E-state index is -0.570. The topological polar surface area (TPSA) is 20.2 Å². The van der Waals surface area contributed by atoms with Crippen molar-refractivity contribution in [3.63, 3.8) is 0 Å². The molecule has 2 aromatic rings. The maximum atomic E-state index is 10.3. The van der Waals surface area contributed by atoms with Gasteiger partial charge in [-0.1, -0.05) is 0 Å². The Kier molecular flexibility index (Phi) is 4.30. The second kappa shape index (κ2) is 5.20. The van der Waals surface area contributed by atoms with Gasteiger partial charge in [0.1, 0.15) is 6.10 Å². The zero-order valence-corrected chi connectivity index (χ0v) is 14.5. The van der Waals surface area contributed by atoms with Crippen LogP contribution in [0.1, 0.15) is 22.1 Å². The molecule has 0 aliphatic heterocycles. The molecule has 1 unspecified atom stereocenters. The van der Waals surface area contributed by atoms with Crippen molar-refractivity contribution in [2.75, 3.05) is 0 Å². The Morgan fingerprint density at radius 3 is 2.06 bits per heavy atom. The second-order valence-corrected chi connectivity index (χ2v) is 9.63. The molecule has 1 nitrogen and oxygen atoms in total. The van der Waals surface area contributed by atoms with E-state index in [1.165, 1.54) is 0 Å². The number of aliphatic hydroxyl groups excluding tert-OH is 1. The Morgan fingerprint density at radius 2 is 1.62 bits per heavy atom. The van der Waals surface area contributed by atoms with E-state index in [0.29, 0.717) is 0 Å². The van der Waals surface area contributed by atoms with E-state index in [1.807, 2.05) is 19.1 Å². The van der Waals surface area contributed by atoms with Gasteiger partial charge in [-0.3, -0.25) is 0 Å². The summed E-state index contributed by atoms with van der Waals surface area (Å²) in [6.07, 6.45) is -0.570. The van der Waals surface area contributed by atoms with E-state index in [-0.39, 0.29) is 0 Å². The number of halogens is 3. The van der Waals surface area contributed by atoms with E-state index in [0.717, 1.165) is 27.4 Å². The summed E-state index contributed by atoms with van der Waals surface area (Å²) >= 11 is 13.5. The fourth-order valence-electron chi connectivity index (χ4n) is 1.44. The van der Waals surface area contributed by atoms with Crippen LogP contribution in [-0.2, 0) is 0 Å². The maximum Gasteiger partial charge on any atom is 0.107 e. The quantitative estimate of drug-likeness (QED) is 0.647. The molecule has 0 aromatic carbocycles. The van der Waals surface area contributed by atoms with Crippen molar-refractivity contribution >= 4 is 70.5 Å². The standard InChI is InChI=1S/C10H7Br3OS2/c1-4-5(2-7(11)15-4)9(14)6-3-8(12)16-10(6)13/h2-3,9,14H,1H3. The molecule has 0 aliphatic carbocycles. The second-order valence-electron chi connectivity index (χ2n) is 3.24. The Labute approximate surface area is 127 Å². The molecule has 86 valence electrons. The predicted octanol–water partition coefficient (Wildman–Crippen LogP) is 5.49. The van der Waals surface area contributed by atoms with Crippen molar-refractivity contribution < 1.29 is 5.11 Å². The summed E-state index contributed by atoms with van der Waals surface area (Å²) in [6, 6.07) is 3.92. The number of hydrogen-bond acceptors (Lipinski definition) is 3. The van der Waals surface area contributed by atoms with Crippen molar-refractivity contribution in [3.8, 4) is 0 Å². The van der Waals surface area contributed by atoms with E-state index >= 15 is 0 Å². The van der Waals surface area contributed by atoms with Crippen LogP contribution in [0.4, 0.5) is 0 Å². The van der Waals surface area contributed by atoms with E-state index in [1.54, 1.807) is 22.7 Å². The van der Waals surface area contributed by atoms with Crippen LogP contribution in [0.2, 0.25) is 0 Å². The zero-order chi connectivity index (χ0) is 11.9. The molecule has 1 N–H and O–H groups in total. The van der Waals surface area contributed by atoms with Gasteiger partial charge in [-0.2, -0.15) is 0 Å². The van der Waals surface area contributed by atoms with Crippen LogP contribution < -0.4 is 0 Å².